The minimum absolute atomic E-state index is 0.0427. The van der Waals surface area contributed by atoms with Gasteiger partial charge in [-0.15, -0.1) is 5.10 Å². The average molecular weight is 329 g/mol. The topological polar surface area (TPSA) is 98.8 Å². The standard InChI is InChI=1S/C11H13ClN6O2S/c1-13-4-5-17-11(14-15-16-17)21-7-8-6-9(12)2-3-10(8)18(19)20/h2-3,6,13H,4-5,7H2,1H3. The zero-order chi connectivity index (χ0) is 15.2. The second kappa shape index (κ2) is 7.34. The van der Waals surface area contributed by atoms with Gasteiger partial charge in [-0.3, -0.25) is 10.1 Å². The van der Waals surface area contributed by atoms with Gasteiger partial charge in [0.25, 0.3) is 5.69 Å². The molecule has 0 aliphatic rings. The SMILES string of the molecule is CNCCn1nnnc1SCc1cc(Cl)ccc1[N+](=O)[O-]. The van der Waals surface area contributed by atoms with Crippen molar-refractivity contribution in [1.82, 2.24) is 25.5 Å². The second-order valence-electron chi connectivity index (χ2n) is 4.11. The van der Waals surface area contributed by atoms with Crippen LogP contribution in [0, 0.1) is 10.1 Å². The number of nitro benzene ring substituents is 1. The van der Waals surface area contributed by atoms with Gasteiger partial charge in [0, 0.05) is 29.0 Å². The van der Waals surface area contributed by atoms with E-state index in [4.69, 9.17) is 11.6 Å². The highest BCUT2D eigenvalue weighted by Crippen LogP contribution is 2.28. The van der Waals surface area contributed by atoms with Crippen molar-refractivity contribution in [2.75, 3.05) is 13.6 Å². The Labute approximate surface area is 130 Å². The number of benzene rings is 1. The van der Waals surface area contributed by atoms with Crippen LogP contribution in [0.2, 0.25) is 5.02 Å². The van der Waals surface area contributed by atoms with Crippen molar-refractivity contribution in [1.29, 1.82) is 0 Å². The molecule has 1 heterocycles. The minimum atomic E-state index is -0.420. The molecule has 0 unspecified atom stereocenters. The second-order valence-corrected chi connectivity index (χ2v) is 5.49. The molecule has 0 amide bonds. The van der Waals surface area contributed by atoms with Crippen LogP contribution in [0.3, 0.4) is 0 Å². The maximum Gasteiger partial charge on any atom is 0.273 e. The van der Waals surface area contributed by atoms with E-state index in [0.717, 1.165) is 6.54 Å². The zero-order valence-electron chi connectivity index (χ0n) is 11.2. The van der Waals surface area contributed by atoms with E-state index >= 15 is 0 Å². The van der Waals surface area contributed by atoms with Crippen molar-refractivity contribution in [2.45, 2.75) is 17.5 Å². The van der Waals surface area contributed by atoms with Crippen molar-refractivity contribution in [3.05, 3.63) is 38.9 Å². The Bertz CT molecular complexity index is 635. The van der Waals surface area contributed by atoms with E-state index in [-0.39, 0.29) is 5.69 Å². The summed E-state index contributed by atoms with van der Waals surface area (Å²) in [5, 5.41) is 26.5. The lowest BCUT2D eigenvalue weighted by molar-refractivity contribution is -0.385. The highest BCUT2D eigenvalue weighted by molar-refractivity contribution is 7.98. The largest absolute Gasteiger partial charge is 0.318 e. The van der Waals surface area contributed by atoms with Crippen molar-refractivity contribution < 1.29 is 4.92 Å². The predicted octanol–water partition coefficient (Wildman–Crippen LogP) is 1.75. The predicted molar refractivity (Wildman–Crippen MR) is 79.4 cm³/mol. The Hall–Kier alpha value is -1.71. The lowest BCUT2D eigenvalue weighted by Crippen LogP contribution is -2.16. The van der Waals surface area contributed by atoms with Crippen LogP contribution in [0.4, 0.5) is 5.69 Å². The molecule has 0 saturated carbocycles. The maximum absolute atomic E-state index is 11.0. The molecule has 0 radical (unpaired) electrons. The number of nitro groups is 1. The molecule has 1 aromatic heterocycles. The monoisotopic (exact) mass is 328 g/mol. The summed E-state index contributed by atoms with van der Waals surface area (Å²) in [6.45, 7) is 1.36. The number of aromatic nitrogens is 4. The maximum atomic E-state index is 11.0. The van der Waals surface area contributed by atoms with E-state index in [1.165, 1.54) is 23.9 Å². The normalized spacial score (nSPS) is 10.8. The summed E-state index contributed by atoms with van der Waals surface area (Å²) >= 11 is 7.23. The number of nitrogens with zero attached hydrogens (tertiary/aromatic N) is 5. The van der Waals surface area contributed by atoms with Crippen molar-refractivity contribution in [2.24, 2.45) is 0 Å². The summed E-state index contributed by atoms with van der Waals surface area (Å²) in [5.74, 6) is 0.372. The van der Waals surface area contributed by atoms with Gasteiger partial charge < -0.3 is 5.32 Å². The van der Waals surface area contributed by atoms with Crippen molar-refractivity contribution in [3.8, 4) is 0 Å². The Morgan fingerprint density at radius 1 is 1.52 bits per heavy atom. The van der Waals surface area contributed by atoms with Gasteiger partial charge in [0.15, 0.2) is 0 Å². The summed E-state index contributed by atoms with van der Waals surface area (Å²) in [4.78, 5) is 10.6. The third kappa shape index (κ3) is 4.13. The van der Waals surface area contributed by atoms with Gasteiger partial charge in [-0.1, -0.05) is 23.4 Å². The number of nitrogens with one attached hydrogen (secondary N) is 1. The summed E-state index contributed by atoms with van der Waals surface area (Å²) in [6, 6.07) is 4.50. The number of rotatable bonds is 7. The Morgan fingerprint density at radius 3 is 3.05 bits per heavy atom. The highest BCUT2D eigenvalue weighted by Gasteiger charge is 2.15. The quantitative estimate of drug-likeness (QED) is 0.469. The van der Waals surface area contributed by atoms with Crippen molar-refractivity contribution in [3.63, 3.8) is 0 Å². The molecule has 0 aliphatic heterocycles. The molecule has 1 aromatic carbocycles. The smallest absolute Gasteiger partial charge is 0.273 e. The average Bonchev–Trinajstić information content (AvgIpc) is 2.90. The van der Waals surface area contributed by atoms with Gasteiger partial charge in [-0.2, -0.15) is 0 Å². The van der Waals surface area contributed by atoms with Crippen molar-refractivity contribution >= 4 is 29.1 Å². The van der Waals surface area contributed by atoms with Gasteiger partial charge in [0.05, 0.1) is 11.5 Å². The molecule has 112 valence electrons. The van der Waals surface area contributed by atoms with Gasteiger partial charge in [0.1, 0.15) is 0 Å². The van der Waals surface area contributed by atoms with Gasteiger partial charge in [-0.05, 0) is 29.6 Å². The molecule has 0 fully saturated rings. The lowest BCUT2D eigenvalue weighted by Gasteiger charge is -2.05. The van der Waals surface area contributed by atoms with E-state index < -0.39 is 4.92 Å². The summed E-state index contributed by atoms with van der Waals surface area (Å²) < 4.78 is 1.65. The molecular formula is C11H13ClN6O2S. The molecule has 21 heavy (non-hydrogen) atoms. The molecule has 0 atom stereocenters. The molecule has 2 rings (SSSR count). The Balaban J connectivity index is 2.11. The van der Waals surface area contributed by atoms with Gasteiger partial charge >= 0.3 is 0 Å². The van der Waals surface area contributed by atoms with Gasteiger partial charge in [-0.25, -0.2) is 4.68 Å². The van der Waals surface area contributed by atoms with E-state index in [9.17, 15) is 10.1 Å². The zero-order valence-corrected chi connectivity index (χ0v) is 12.8. The van der Waals surface area contributed by atoms with Gasteiger partial charge in [0.2, 0.25) is 5.16 Å². The summed E-state index contributed by atoms with van der Waals surface area (Å²) in [7, 11) is 1.84. The number of halogens is 1. The van der Waals surface area contributed by atoms with E-state index in [0.29, 0.717) is 28.0 Å². The molecule has 8 nitrogen and oxygen atoms in total. The molecule has 10 heteroatoms. The molecule has 0 spiro atoms. The van der Waals surface area contributed by atoms with Crippen LogP contribution in [0.1, 0.15) is 5.56 Å². The molecule has 0 aliphatic carbocycles. The first kappa shape index (κ1) is 15.7. The lowest BCUT2D eigenvalue weighted by atomic mass is 10.2. The molecule has 2 aromatic rings. The van der Waals surface area contributed by atoms with Crippen LogP contribution < -0.4 is 5.32 Å². The third-order valence-electron chi connectivity index (χ3n) is 2.67. The van der Waals surface area contributed by atoms with Crippen LogP contribution in [0.5, 0.6) is 0 Å². The van der Waals surface area contributed by atoms with E-state index in [1.54, 1.807) is 10.7 Å². The Morgan fingerprint density at radius 2 is 2.33 bits per heavy atom. The first-order valence-electron chi connectivity index (χ1n) is 6.08. The highest BCUT2D eigenvalue weighted by atomic mass is 35.5. The first-order chi connectivity index (χ1) is 10.1. The minimum Gasteiger partial charge on any atom is -0.318 e. The molecule has 0 bridgehead atoms. The van der Waals surface area contributed by atoms with Crippen LogP contribution in [-0.4, -0.2) is 38.7 Å². The molecule has 1 N–H and O–H groups in total. The van der Waals surface area contributed by atoms with Crippen LogP contribution in [-0.2, 0) is 12.3 Å². The summed E-state index contributed by atoms with van der Waals surface area (Å²) in [6.07, 6.45) is 0. The number of thioether (sulfide) groups is 1. The van der Waals surface area contributed by atoms with Crippen LogP contribution >= 0.6 is 23.4 Å². The van der Waals surface area contributed by atoms with E-state index in [2.05, 4.69) is 20.8 Å². The molecular weight excluding hydrogens is 316 g/mol. The van der Waals surface area contributed by atoms with Crippen LogP contribution in [0.25, 0.3) is 0 Å². The fourth-order valence-corrected chi connectivity index (χ4v) is 2.73. The molecule has 0 saturated heterocycles. The fourth-order valence-electron chi connectivity index (χ4n) is 1.65. The Kier molecular flexibility index (Phi) is 5.48. The van der Waals surface area contributed by atoms with E-state index in [1.807, 2.05) is 7.05 Å². The fraction of sp³-hybridized carbons (Fsp3) is 0.364. The number of likely N-dealkylation sites (N-methyl/N-ethyl adjacent to an activating group) is 1. The summed E-state index contributed by atoms with van der Waals surface area (Å²) in [5.41, 5.74) is 0.585. The first-order valence-corrected chi connectivity index (χ1v) is 7.44. The third-order valence-corrected chi connectivity index (χ3v) is 3.91. The van der Waals surface area contributed by atoms with Crippen LogP contribution in [0.15, 0.2) is 23.4 Å². The number of hydrogen-bond acceptors (Lipinski definition) is 7. The number of hydrogen-bond donors (Lipinski definition) is 1. The number of tetrazole rings is 1.